The lowest BCUT2D eigenvalue weighted by atomic mass is 10.3. The molecule has 14 heavy (non-hydrogen) atoms. The highest BCUT2D eigenvalue weighted by Gasteiger charge is 2.01. The SMILES string of the molecule is C1=NC/C(=N/Oc2ccccc2)CN1. The molecule has 1 aliphatic rings. The minimum Gasteiger partial charge on any atom is -0.371 e. The molecular weight excluding hydrogens is 178 g/mol. The summed E-state index contributed by atoms with van der Waals surface area (Å²) in [5.41, 5.74) is 0.899. The van der Waals surface area contributed by atoms with Crippen LogP contribution in [0.3, 0.4) is 0 Å². The molecule has 1 heterocycles. The fraction of sp³-hybridized carbons (Fsp3) is 0.200. The van der Waals surface area contributed by atoms with E-state index in [4.69, 9.17) is 4.84 Å². The maximum Gasteiger partial charge on any atom is 0.157 e. The molecule has 0 saturated heterocycles. The molecule has 1 N–H and O–H groups in total. The molecule has 0 aromatic heterocycles. The van der Waals surface area contributed by atoms with Gasteiger partial charge < -0.3 is 10.2 Å². The minimum atomic E-state index is 0.611. The molecule has 4 nitrogen and oxygen atoms in total. The Hall–Kier alpha value is -1.84. The van der Waals surface area contributed by atoms with Gasteiger partial charge in [-0.25, -0.2) is 0 Å². The van der Waals surface area contributed by atoms with E-state index in [2.05, 4.69) is 15.5 Å². The summed E-state index contributed by atoms with van der Waals surface area (Å²) in [7, 11) is 0. The van der Waals surface area contributed by atoms with Crippen molar-refractivity contribution in [3.63, 3.8) is 0 Å². The zero-order valence-electron chi connectivity index (χ0n) is 7.68. The minimum absolute atomic E-state index is 0.611. The van der Waals surface area contributed by atoms with Crippen LogP contribution >= 0.6 is 0 Å². The average Bonchev–Trinajstić information content (AvgIpc) is 2.29. The van der Waals surface area contributed by atoms with E-state index in [1.165, 1.54) is 0 Å². The smallest absolute Gasteiger partial charge is 0.157 e. The molecule has 0 spiro atoms. The summed E-state index contributed by atoms with van der Waals surface area (Å²) in [6.45, 7) is 1.32. The maximum atomic E-state index is 5.22. The lowest BCUT2D eigenvalue weighted by Crippen LogP contribution is -2.29. The van der Waals surface area contributed by atoms with Gasteiger partial charge in [0.15, 0.2) is 5.75 Å². The van der Waals surface area contributed by atoms with Crippen molar-refractivity contribution in [1.29, 1.82) is 0 Å². The largest absolute Gasteiger partial charge is 0.371 e. The van der Waals surface area contributed by atoms with E-state index < -0.39 is 0 Å². The molecule has 0 atom stereocenters. The standard InChI is InChI=1S/C10H11N3O/c1-2-4-10(5-3-1)14-13-9-6-11-8-12-7-9/h1-5,8H,6-7H2,(H,11,12). The lowest BCUT2D eigenvalue weighted by molar-refractivity contribution is 0.339. The molecule has 0 amide bonds. The highest BCUT2D eigenvalue weighted by molar-refractivity contribution is 5.92. The van der Waals surface area contributed by atoms with E-state index in [-0.39, 0.29) is 0 Å². The summed E-state index contributed by atoms with van der Waals surface area (Å²) in [6, 6.07) is 9.49. The van der Waals surface area contributed by atoms with Crippen molar-refractivity contribution >= 4 is 12.1 Å². The molecule has 0 aliphatic carbocycles. The van der Waals surface area contributed by atoms with E-state index >= 15 is 0 Å². The molecule has 0 fully saturated rings. The number of oxime groups is 1. The average molecular weight is 189 g/mol. The number of rotatable bonds is 2. The van der Waals surface area contributed by atoms with Crippen LogP contribution in [0.5, 0.6) is 5.75 Å². The molecule has 1 aromatic rings. The van der Waals surface area contributed by atoms with Crippen LogP contribution in [-0.2, 0) is 0 Å². The number of para-hydroxylation sites is 1. The van der Waals surface area contributed by atoms with Gasteiger partial charge in [-0.05, 0) is 12.1 Å². The maximum absolute atomic E-state index is 5.22. The Balaban J connectivity index is 1.96. The van der Waals surface area contributed by atoms with Crippen molar-refractivity contribution in [2.75, 3.05) is 13.1 Å². The van der Waals surface area contributed by atoms with Crippen LogP contribution in [0, 0.1) is 0 Å². The second-order valence-electron chi connectivity index (χ2n) is 2.91. The predicted molar refractivity (Wildman–Crippen MR) is 55.9 cm³/mol. The summed E-state index contributed by atoms with van der Waals surface area (Å²) in [5.74, 6) is 0.745. The number of benzene rings is 1. The summed E-state index contributed by atoms with van der Waals surface area (Å²) in [5, 5.41) is 6.96. The second-order valence-corrected chi connectivity index (χ2v) is 2.91. The van der Waals surface area contributed by atoms with E-state index in [0.717, 1.165) is 11.5 Å². The van der Waals surface area contributed by atoms with Gasteiger partial charge in [-0.15, -0.1) is 0 Å². The van der Waals surface area contributed by atoms with Crippen LogP contribution < -0.4 is 10.2 Å². The van der Waals surface area contributed by atoms with E-state index in [9.17, 15) is 0 Å². The van der Waals surface area contributed by atoms with Gasteiger partial charge in [0, 0.05) is 0 Å². The molecular formula is C10H11N3O. The van der Waals surface area contributed by atoms with Gasteiger partial charge in [-0.3, -0.25) is 4.99 Å². The van der Waals surface area contributed by atoms with Crippen LogP contribution in [0.25, 0.3) is 0 Å². The van der Waals surface area contributed by atoms with Gasteiger partial charge >= 0.3 is 0 Å². The molecule has 0 radical (unpaired) electrons. The first-order valence-electron chi connectivity index (χ1n) is 4.44. The molecule has 1 aromatic carbocycles. The number of nitrogens with zero attached hydrogens (tertiary/aromatic N) is 2. The zero-order chi connectivity index (χ0) is 9.64. The summed E-state index contributed by atoms with van der Waals surface area (Å²) >= 11 is 0. The third-order valence-corrected chi connectivity index (χ3v) is 1.79. The second kappa shape index (κ2) is 4.41. The third-order valence-electron chi connectivity index (χ3n) is 1.79. The van der Waals surface area contributed by atoms with Gasteiger partial charge in [0.1, 0.15) is 0 Å². The van der Waals surface area contributed by atoms with Crippen molar-refractivity contribution in [3.05, 3.63) is 30.3 Å². The molecule has 4 heteroatoms. The number of hydrogen-bond donors (Lipinski definition) is 1. The highest BCUT2D eigenvalue weighted by atomic mass is 16.6. The molecule has 0 saturated carbocycles. The fourth-order valence-electron chi connectivity index (χ4n) is 1.09. The first kappa shape index (κ1) is 8.74. The topological polar surface area (TPSA) is 46.0 Å². The Morgan fingerprint density at radius 3 is 2.86 bits per heavy atom. The highest BCUT2D eigenvalue weighted by Crippen LogP contribution is 2.08. The quantitative estimate of drug-likeness (QED) is 0.707. The number of aliphatic imine (C=N–C) groups is 1. The molecule has 1 aliphatic heterocycles. The fourth-order valence-corrected chi connectivity index (χ4v) is 1.09. The Morgan fingerprint density at radius 2 is 2.14 bits per heavy atom. The Labute approximate surface area is 82.3 Å². The Bertz CT molecular complexity index is 346. The summed E-state index contributed by atoms with van der Waals surface area (Å²) < 4.78 is 0. The molecule has 2 rings (SSSR count). The summed E-state index contributed by atoms with van der Waals surface area (Å²) in [6.07, 6.45) is 1.68. The zero-order valence-corrected chi connectivity index (χ0v) is 7.68. The molecule has 0 bridgehead atoms. The predicted octanol–water partition coefficient (Wildman–Crippen LogP) is 1.05. The monoisotopic (exact) mass is 189 g/mol. The van der Waals surface area contributed by atoms with Crippen molar-refractivity contribution in [2.45, 2.75) is 0 Å². The Morgan fingerprint density at radius 1 is 1.29 bits per heavy atom. The van der Waals surface area contributed by atoms with Crippen molar-refractivity contribution < 1.29 is 4.84 Å². The van der Waals surface area contributed by atoms with Crippen LogP contribution in [0.15, 0.2) is 40.5 Å². The van der Waals surface area contributed by atoms with Gasteiger partial charge in [0.2, 0.25) is 0 Å². The first-order valence-corrected chi connectivity index (χ1v) is 4.44. The van der Waals surface area contributed by atoms with Crippen LogP contribution in [-0.4, -0.2) is 25.1 Å². The van der Waals surface area contributed by atoms with E-state index in [1.807, 2.05) is 30.3 Å². The van der Waals surface area contributed by atoms with Crippen LogP contribution in [0.1, 0.15) is 0 Å². The lowest BCUT2D eigenvalue weighted by Gasteiger charge is -2.07. The number of hydrogen-bond acceptors (Lipinski definition) is 4. The van der Waals surface area contributed by atoms with Gasteiger partial charge in [-0.1, -0.05) is 23.4 Å². The van der Waals surface area contributed by atoms with Crippen molar-refractivity contribution in [2.24, 2.45) is 10.1 Å². The van der Waals surface area contributed by atoms with E-state index in [1.54, 1.807) is 6.34 Å². The molecule has 72 valence electrons. The van der Waals surface area contributed by atoms with E-state index in [0.29, 0.717) is 13.1 Å². The van der Waals surface area contributed by atoms with Gasteiger partial charge in [0.05, 0.1) is 25.1 Å². The third kappa shape index (κ3) is 2.32. The van der Waals surface area contributed by atoms with Crippen LogP contribution in [0.4, 0.5) is 0 Å². The first-order chi connectivity index (χ1) is 6.95. The summed E-state index contributed by atoms with van der Waals surface area (Å²) in [4.78, 5) is 9.24. The number of nitrogens with one attached hydrogen (secondary N) is 1. The Kier molecular flexibility index (Phi) is 2.76. The van der Waals surface area contributed by atoms with Crippen molar-refractivity contribution in [3.8, 4) is 5.75 Å². The van der Waals surface area contributed by atoms with Crippen LogP contribution in [0.2, 0.25) is 0 Å². The van der Waals surface area contributed by atoms with Gasteiger partial charge in [-0.2, -0.15) is 0 Å². The van der Waals surface area contributed by atoms with Gasteiger partial charge in [0.25, 0.3) is 0 Å². The van der Waals surface area contributed by atoms with Crippen molar-refractivity contribution in [1.82, 2.24) is 5.32 Å². The normalized spacial score (nSPS) is 17.9. The molecule has 0 unspecified atom stereocenters.